The summed E-state index contributed by atoms with van der Waals surface area (Å²) in [5, 5.41) is 3.06. The zero-order chi connectivity index (χ0) is 9.68. The average Bonchev–Trinajstić information content (AvgIpc) is 2.08. The molecule has 0 aliphatic rings. The van der Waals surface area contributed by atoms with Gasteiger partial charge in [0.05, 0.1) is 0 Å². The molecule has 1 aromatic heterocycles. The molecule has 0 amide bonds. The molecular weight excluding hydrogens is 162 g/mol. The van der Waals surface area contributed by atoms with Gasteiger partial charge in [-0.05, 0) is 13.0 Å². The molecule has 1 heterocycles. The molecular formula is C10H17N3. The van der Waals surface area contributed by atoms with Crippen molar-refractivity contribution in [3.8, 4) is 0 Å². The monoisotopic (exact) mass is 179 g/mol. The first kappa shape index (κ1) is 10.1. The lowest BCUT2D eigenvalue weighted by Crippen LogP contribution is -2.07. The van der Waals surface area contributed by atoms with E-state index in [4.69, 9.17) is 0 Å². The highest BCUT2D eigenvalue weighted by atomic mass is 14.9. The van der Waals surface area contributed by atoms with Gasteiger partial charge in [0.15, 0.2) is 0 Å². The van der Waals surface area contributed by atoms with Crippen LogP contribution in [0.4, 0.5) is 0 Å². The zero-order valence-corrected chi connectivity index (χ0v) is 8.54. The van der Waals surface area contributed by atoms with E-state index < -0.39 is 0 Å². The van der Waals surface area contributed by atoms with E-state index in [2.05, 4.69) is 29.1 Å². The predicted molar refractivity (Wildman–Crippen MR) is 53.3 cm³/mol. The van der Waals surface area contributed by atoms with Gasteiger partial charge in [0.2, 0.25) is 0 Å². The molecule has 0 fully saturated rings. The second-order valence-corrected chi connectivity index (χ2v) is 3.64. The molecule has 0 aliphatic heterocycles. The third-order valence-corrected chi connectivity index (χ3v) is 1.73. The largest absolute Gasteiger partial charge is 0.316 e. The highest BCUT2D eigenvalue weighted by Crippen LogP contribution is 2.02. The molecule has 0 bridgehead atoms. The maximum Gasteiger partial charge on any atom is 0.128 e. The number of rotatable bonds is 4. The van der Waals surface area contributed by atoms with E-state index in [0.717, 1.165) is 24.4 Å². The van der Waals surface area contributed by atoms with Gasteiger partial charge in [0, 0.05) is 30.9 Å². The summed E-state index contributed by atoms with van der Waals surface area (Å²) in [6.45, 7) is 5.18. The molecule has 0 saturated heterocycles. The molecule has 72 valence electrons. The molecule has 0 atom stereocenters. The third kappa shape index (κ3) is 3.51. The van der Waals surface area contributed by atoms with Crippen molar-refractivity contribution in [3.05, 3.63) is 23.8 Å². The Morgan fingerprint density at radius 2 is 1.92 bits per heavy atom. The van der Waals surface area contributed by atoms with Gasteiger partial charge in [0.1, 0.15) is 5.82 Å². The Bertz CT molecular complexity index is 241. The van der Waals surface area contributed by atoms with Crippen LogP contribution in [0, 0.1) is 5.92 Å². The van der Waals surface area contributed by atoms with Crippen molar-refractivity contribution in [1.82, 2.24) is 15.3 Å². The lowest BCUT2D eigenvalue weighted by molar-refractivity contribution is 0.618. The molecule has 0 aromatic carbocycles. The molecule has 0 spiro atoms. The van der Waals surface area contributed by atoms with Crippen molar-refractivity contribution in [3.63, 3.8) is 0 Å². The van der Waals surface area contributed by atoms with E-state index >= 15 is 0 Å². The topological polar surface area (TPSA) is 37.8 Å². The highest BCUT2D eigenvalue weighted by Gasteiger charge is 2.00. The summed E-state index contributed by atoms with van der Waals surface area (Å²) in [6.07, 6.45) is 4.74. The minimum Gasteiger partial charge on any atom is -0.316 e. The van der Waals surface area contributed by atoms with Crippen LogP contribution in [0.25, 0.3) is 0 Å². The zero-order valence-electron chi connectivity index (χ0n) is 8.54. The van der Waals surface area contributed by atoms with Crippen LogP contribution >= 0.6 is 0 Å². The standard InChI is InChI=1S/C10H17N3/c1-8(2)4-10-12-6-9(5-11-3)7-13-10/h6-8,11H,4-5H2,1-3H3. The van der Waals surface area contributed by atoms with Gasteiger partial charge in [0.25, 0.3) is 0 Å². The Labute approximate surface area is 79.6 Å². The average molecular weight is 179 g/mol. The van der Waals surface area contributed by atoms with Crippen molar-refractivity contribution < 1.29 is 0 Å². The van der Waals surface area contributed by atoms with Gasteiger partial charge in [-0.15, -0.1) is 0 Å². The van der Waals surface area contributed by atoms with Crippen molar-refractivity contribution in [2.24, 2.45) is 5.92 Å². The number of aromatic nitrogens is 2. The van der Waals surface area contributed by atoms with Crippen molar-refractivity contribution in [2.45, 2.75) is 26.8 Å². The molecule has 0 unspecified atom stereocenters. The molecule has 3 heteroatoms. The van der Waals surface area contributed by atoms with Crippen molar-refractivity contribution >= 4 is 0 Å². The normalized spacial score (nSPS) is 10.8. The summed E-state index contributed by atoms with van der Waals surface area (Å²) in [7, 11) is 1.92. The van der Waals surface area contributed by atoms with Crippen LogP contribution < -0.4 is 5.32 Å². The molecule has 13 heavy (non-hydrogen) atoms. The van der Waals surface area contributed by atoms with Gasteiger partial charge >= 0.3 is 0 Å². The number of hydrogen-bond donors (Lipinski definition) is 1. The molecule has 3 nitrogen and oxygen atoms in total. The number of nitrogens with one attached hydrogen (secondary N) is 1. The second kappa shape index (κ2) is 4.92. The molecule has 1 rings (SSSR count). The van der Waals surface area contributed by atoms with Crippen LogP contribution in [0.5, 0.6) is 0 Å². The smallest absolute Gasteiger partial charge is 0.128 e. The summed E-state index contributed by atoms with van der Waals surface area (Å²) >= 11 is 0. The molecule has 0 radical (unpaired) electrons. The summed E-state index contributed by atoms with van der Waals surface area (Å²) < 4.78 is 0. The number of hydrogen-bond acceptors (Lipinski definition) is 3. The van der Waals surface area contributed by atoms with Crippen LogP contribution in [-0.2, 0) is 13.0 Å². The van der Waals surface area contributed by atoms with E-state index in [-0.39, 0.29) is 0 Å². The van der Waals surface area contributed by atoms with Crippen LogP contribution in [0.3, 0.4) is 0 Å². The first-order valence-electron chi connectivity index (χ1n) is 4.66. The van der Waals surface area contributed by atoms with Crippen LogP contribution in [0.15, 0.2) is 12.4 Å². The third-order valence-electron chi connectivity index (χ3n) is 1.73. The summed E-state index contributed by atoms with van der Waals surface area (Å²) in [5.41, 5.74) is 1.13. The molecule has 0 aliphatic carbocycles. The van der Waals surface area contributed by atoms with Crippen molar-refractivity contribution in [2.75, 3.05) is 7.05 Å². The van der Waals surface area contributed by atoms with Gasteiger partial charge in [-0.2, -0.15) is 0 Å². The fourth-order valence-electron chi connectivity index (χ4n) is 1.15. The maximum absolute atomic E-state index is 4.29. The molecule has 1 aromatic rings. The Hall–Kier alpha value is -0.960. The van der Waals surface area contributed by atoms with Crippen LogP contribution in [-0.4, -0.2) is 17.0 Å². The lowest BCUT2D eigenvalue weighted by atomic mass is 10.1. The Kier molecular flexibility index (Phi) is 3.83. The SMILES string of the molecule is CNCc1cnc(CC(C)C)nc1. The van der Waals surface area contributed by atoms with Crippen LogP contribution in [0.1, 0.15) is 25.2 Å². The summed E-state index contributed by atoms with van der Waals surface area (Å²) in [4.78, 5) is 8.57. The lowest BCUT2D eigenvalue weighted by Gasteiger charge is -2.03. The Morgan fingerprint density at radius 1 is 1.31 bits per heavy atom. The van der Waals surface area contributed by atoms with E-state index in [9.17, 15) is 0 Å². The maximum atomic E-state index is 4.29. The summed E-state index contributed by atoms with van der Waals surface area (Å²) in [6, 6.07) is 0. The quantitative estimate of drug-likeness (QED) is 0.759. The Morgan fingerprint density at radius 3 is 2.38 bits per heavy atom. The fourth-order valence-corrected chi connectivity index (χ4v) is 1.15. The van der Waals surface area contributed by atoms with E-state index in [1.54, 1.807) is 0 Å². The fraction of sp³-hybridized carbons (Fsp3) is 0.600. The van der Waals surface area contributed by atoms with Gasteiger partial charge in [-0.1, -0.05) is 13.8 Å². The van der Waals surface area contributed by atoms with Crippen LogP contribution in [0.2, 0.25) is 0 Å². The molecule has 1 N–H and O–H groups in total. The first-order chi connectivity index (χ1) is 6.22. The van der Waals surface area contributed by atoms with E-state index in [1.807, 2.05) is 19.4 Å². The minimum atomic E-state index is 0.621. The predicted octanol–water partition coefficient (Wildman–Crippen LogP) is 1.39. The van der Waals surface area contributed by atoms with E-state index in [0.29, 0.717) is 5.92 Å². The highest BCUT2D eigenvalue weighted by molar-refractivity contribution is 5.04. The number of nitrogens with zero attached hydrogens (tertiary/aromatic N) is 2. The van der Waals surface area contributed by atoms with Crippen molar-refractivity contribution in [1.29, 1.82) is 0 Å². The second-order valence-electron chi connectivity index (χ2n) is 3.64. The van der Waals surface area contributed by atoms with Gasteiger partial charge in [-0.3, -0.25) is 0 Å². The van der Waals surface area contributed by atoms with E-state index in [1.165, 1.54) is 0 Å². The first-order valence-corrected chi connectivity index (χ1v) is 4.66. The molecule has 0 saturated carbocycles. The van der Waals surface area contributed by atoms with Gasteiger partial charge in [-0.25, -0.2) is 9.97 Å². The Balaban J connectivity index is 2.59. The van der Waals surface area contributed by atoms with Gasteiger partial charge < -0.3 is 5.32 Å². The minimum absolute atomic E-state index is 0.621. The summed E-state index contributed by atoms with van der Waals surface area (Å²) in [5.74, 6) is 1.56.